The van der Waals surface area contributed by atoms with Crippen LogP contribution in [-0.2, 0) is 13.9 Å². The fourth-order valence-corrected chi connectivity index (χ4v) is 3.48. The minimum Gasteiger partial charge on any atom is -0.481 e. The zero-order valence-corrected chi connectivity index (χ0v) is 9.92. The van der Waals surface area contributed by atoms with E-state index >= 15 is 0 Å². The van der Waals surface area contributed by atoms with Crippen molar-refractivity contribution in [3.8, 4) is 0 Å². The van der Waals surface area contributed by atoms with Crippen molar-refractivity contribution in [1.29, 1.82) is 0 Å². The van der Waals surface area contributed by atoms with Crippen LogP contribution in [0.15, 0.2) is 0 Å². The molecule has 0 spiro atoms. The summed E-state index contributed by atoms with van der Waals surface area (Å²) in [6.45, 7) is 5.92. The van der Waals surface area contributed by atoms with Crippen LogP contribution in [0.2, 0.25) is 0 Å². The molecular formula is C9H19O4P. The Morgan fingerprint density at radius 2 is 2.07 bits per heavy atom. The summed E-state index contributed by atoms with van der Waals surface area (Å²) in [5, 5.41) is 8.52. The first-order valence-electron chi connectivity index (χ1n) is 4.91. The average molecular weight is 222 g/mol. The molecule has 0 rings (SSSR count). The van der Waals surface area contributed by atoms with Gasteiger partial charge in [-0.1, -0.05) is 13.8 Å². The molecule has 0 saturated carbocycles. The van der Waals surface area contributed by atoms with Crippen LogP contribution in [0.5, 0.6) is 0 Å². The van der Waals surface area contributed by atoms with Crippen LogP contribution in [0, 0.1) is 0 Å². The van der Waals surface area contributed by atoms with Crippen LogP contribution in [0.3, 0.4) is 0 Å². The predicted molar refractivity (Wildman–Crippen MR) is 56.1 cm³/mol. The molecule has 0 heterocycles. The molecule has 14 heavy (non-hydrogen) atoms. The second-order valence-corrected chi connectivity index (χ2v) is 6.31. The van der Waals surface area contributed by atoms with Crippen LogP contribution in [-0.4, -0.2) is 29.5 Å². The first-order valence-corrected chi connectivity index (χ1v) is 6.79. The Morgan fingerprint density at radius 1 is 1.50 bits per heavy atom. The summed E-state index contributed by atoms with van der Waals surface area (Å²) in [7, 11) is -2.75. The smallest absolute Gasteiger partial charge is 0.303 e. The molecule has 0 saturated heterocycles. The zero-order valence-electron chi connectivity index (χ0n) is 9.02. The van der Waals surface area contributed by atoms with Gasteiger partial charge in [-0.25, -0.2) is 0 Å². The SMILES string of the molecule is CCOP(=O)(CCC(=O)O)C(C)CC. The van der Waals surface area contributed by atoms with E-state index in [0.717, 1.165) is 6.42 Å². The van der Waals surface area contributed by atoms with Gasteiger partial charge in [0.2, 0.25) is 7.37 Å². The van der Waals surface area contributed by atoms with Crippen molar-refractivity contribution >= 4 is 13.3 Å². The van der Waals surface area contributed by atoms with E-state index in [2.05, 4.69) is 0 Å². The minimum atomic E-state index is -2.75. The van der Waals surface area contributed by atoms with E-state index < -0.39 is 13.3 Å². The first-order chi connectivity index (χ1) is 6.46. The van der Waals surface area contributed by atoms with E-state index in [1.807, 2.05) is 13.8 Å². The Kier molecular flexibility index (Phi) is 6.05. The normalized spacial score (nSPS) is 17.4. The summed E-state index contributed by atoms with van der Waals surface area (Å²) in [6, 6.07) is 0. The third-order valence-electron chi connectivity index (χ3n) is 2.25. The van der Waals surface area contributed by atoms with Crippen LogP contribution in [0.4, 0.5) is 0 Å². The Hall–Kier alpha value is -0.340. The van der Waals surface area contributed by atoms with E-state index in [1.165, 1.54) is 0 Å². The predicted octanol–water partition coefficient (Wildman–Crippen LogP) is 2.57. The van der Waals surface area contributed by atoms with Crippen LogP contribution in [0.25, 0.3) is 0 Å². The van der Waals surface area contributed by atoms with E-state index in [-0.39, 0.29) is 18.2 Å². The number of hydrogen-bond acceptors (Lipinski definition) is 3. The lowest BCUT2D eigenvalue weighted by Crippen LogP contribution is -2.11. The van der Waals surface area contributed by atoms with Gasteiger partial charge in [-0.15, -0.1) is 0 Å². The highest BCUT2D eigenvalue weighted by Gasteiger charge is 2.29. The molecule has 4 nitrogen and oxygen atoms in total. The van der Waals surface area contributed by atoms with Gasteiger partial charge < -0.3 is 9.63 Å². The van der Waals surface area contributed by atoms with E-state index in [4.69, 9.17) is 9.63 Å². The molecule has 0 aliphatic heterocycles. The molecule has 0 aliphatic carbocycles. The zero-order chi connectivity index (χ0) is 11.2. The second-order valence-electron chi connectivity index (χ2n) is 3.27. The van der Waals surface area contributed by atoms with Crippen molar-refractivity contribution in [3.63, 3.8) is 0 Å². The molecule has 84 valence electrons. The van der Waals surface area contributed by atoms with Crippen molar-refractivity contribution in [2.45, 2.75) is 39.3 Å². The lowest BCUT2D eigenvalue weighted by Gasteiger charge is -2.22. The molecule has 0 aromatic rings. The lowest BCUT2D eigenvalue weighted by atomic mass is 10.4. The lowest BCUT2D eigenvalue weighted by molar-refractivity contribution is -0.136. The first kappa shape index (κ1) is 13.7. The van der Waals surface area contributed by atoms with Crippen LogP contribution < -0.4 is 0 Å². The van der Waals surface area contributed by atoms with Gasteiger partial charge in [-0.2, -0.15) is 0 Å². The highest BCUT2D eigenvalue weighted by Crippen LogP contribution is 2.53. The average Bonchev–Trinajstić information content (AvgIpc) is 2.14. The maximum absolute atomic E-state index is 12.2. The minimum absolute atomic E-state index is 0.0539. The fourth-order valence-electron chi connectivity index (χ4n) is 1.16. The van der Waals surface area contributed by atoms with Gasteiger partial charge in [0.25, 0.3) is 0 Å². The van der Waals surface area contributed by atoms with Gasteiger partial charge in [-0.05, 0) is 13.3 Å². The fraction of sp³-hybridized carbons (Fsp3) is 0.889. The van der Waals surface area contributed by atoms with Gasteiger partial charge in [0, 0.05) is 11.8 Å². The molecule has 2 atom stereocenters. The summed E-state index contributed by atoms with van der Waals surface area (Å²) in [4.78, 5) is 10.4. The number of rotatable bonds is 7. The quantitative estimate of drug-likeness (QED) is 0.672. The Labute approximate surface area is 85.1 Å². The molecule has 0 aromatic carbocycles. The summed E-state index contributed by atoms with van der Waals surface area (Å²) < 4.78 is 17.4. The molecular weight excluding hydrogens is 203 g/mol. The van der Waals surface area contributed by atoms with Crippen molar-refractivity contribution < 1.29 is 19.0 Å². The van der Waals surface area contributed by atoms with Gasteiger partial charge in [0.15, 0.2) is 0 Å². The molecule has 1 N–H and O–H groups in total. The number of aliphatic carboxylic acids is 1. The third-order valence-corrected chi connectivity index (χ3v) is 5.50. The summed E-state index contributed by atoms with van der Waals surface area (Å²) in [5.74, 6) is -0.923. The number of carbonyl (C=O) groups is 1. The van der Waals surface area contributed by atoms with Gasteiger partial charge in [-0.3, -0.25) is 9.36 Å². The van der Waals surface area contributed by atoms with E-state index in [0.29, 0.717) is 6.61 Å². The van der Waals surface area contributed by atoms with Gasteiger partial charge in [0.05, 0.1) is 13.0 Å². The van der Waals surface area contributed by atoms with Crippen LogP contribution >= 0.6 is 7.37 Å². The molecule has 0 fully saturated rings. The molecule has 0 aromatic heterocycles. The summed E-state index contributed by atoms with van der Waals surface area (Å²) in [5.41, 5.74) is -0.0539. The Morgan fingerprint density at radius 3 is 2.43 bits per heavy atom. The Balaban J connectivity index is 4.39. The van der Waals surface area contributed by atoms with Crippen molar-refractivity contribution in [1.82, 2.24) is 0 Å². The van der Waals surface area contributed by atoms with Gasteiger partial charge >= 0.3 is 5.97 Å². The molecule has 2 unspecified atom stereocenters. The molecule has 0 amide bonds. The summed E-state index contributed by atoms with van der Waals surface area (Å²) in [6.07, 6.45) is 0.809. The van der Waals surface area contributed by atoms with Gasteiger partial charge in [0.1, 0.15) is 0 Å². The number of carboxylic acids is 1. The number of carboxylic acid groups (broad SMARTS) is 1. The molecule has 0 aliphatic rings. The maximum atomic E-state index is 12.2. The highest BCUT2D eigenvalue weighted by atomic mass is 31.2. The molecule has 0 radical (unpaired) electrons. The van der Waals surface area contributed by atoms with Crippen LogP contribution in [0.1, 0.15) is 33.6 Å². The monoisotopic (exact) mass is 222 g/mol. The summed E-state index contributed by atoms with van der Waals surface area (Å²) >= 11 is 0. The van der Waals surface area contributed by atoms with E-state index in [9.17, 15) is 9.36 Å². The maximum Gasteiger partial charge on any atom is 0.303 e. The topological polar surface area (TPSA) is 63.6 Å². The highest BCUT2D eigenvalue weighted by molar-refractivity contribution is 7.59. The number of hydrogen-bond donors (Lipinski definition) is 1. The molecule has 0 bridgehead atoms. The Bertz CT molecular complexity index is 227. The van der Waals surface area contributed by atoms with Crippen molar-refractivity contribution in [2.24, 2.45) is 0 Å². The second kappa shape index (κ2) is 6.20. The molecule has 5 heteroatoms. The standard InChI is InChI=1S/C9H19O4P/c1-4-8(3)14(12,13-5-2)7-6-9(10)11/h8H,4-7H2,1-3H3,(H,10,11). The largest absolute Gasteiger partial charge is 0.481 e. The van der Waals surface area contributed by atoms with Crippen molar-refractivity contribution in [3.05, 3.63) is 0 Å². The van der Waals surface area contributed by atoms with Crippen molar-refractivity contribution in [2.75, 3.05) is 12.8 Å². The third kappa shape index (κ3) is 4.25. The van der Waals surface area contributed by atoms with E-state index in [1.54, 1.807) is 6.92 Å².